The highest BCUT2D eigenvalue weighted by Crippen LogP contribution is 2.29. The van der Waals surface area contributed by atoms with E-state index in [1.54, 1.807) is 56.5 Å². The lowest BCUT2D eigenvalue weighted by Gasteiger charge is -2.12. The van der Waals surface area contributed by atoms with Gasteiger partial charge < -0.3 is 24.8 Å². The number of nitrogens with one attached hydrogen (secondary N) is 2. The molecule has 0 aliphatic carbocycles. The molecule has 0 atom stereocenters. The summed E-state index contributed by atoms with van der Waals surface area (Å²) in [7, 11) is 3.07. The molecule has 0 aromatic heterocycles. The molecule has 0 fully saturated rings. The molecule has 0 saturated carbocycles. The van der Waals surface area contributed by atoms with Gasteiger partial charge in [0.15, 0.2) is 16.5 Å². The van der Waals surface area contributed by atoms with E-state index in [0.717, 1.165) is 5.56 Å². The van der Waals surface area contributed by atoms with E-state index in [0.29, 0.717) is 29.5 Å². The molecule has 148 valence electrons. The van der Waals surface area contributed by atoms with Gasteiger partial charge in [-0.3, -0.25) is 9.59 Å². The lowest BCUT2D eigenvalue weighted by Crippen LogP contribution is -2.27. The minimum atomic E-state index is -0.456. The number of carbonyl (C=O) groups excluding carboxylic acids is 2. The van der Waals surface area contributed by atoms with Crippen LogP contribution in [0.2, 0.25) is 0 Å². The number of rotatable bonds is 7. The molecule has 0 unspecified atom stereocenters. The third-order valence-corrected chi connectivity index (χ3v) is 4.00. The Morgan fingerprint density at radius 2 is 1.57 bits per heavy atom. The molecule has 0 bridgehead atoms. The van der Waals surface area contributed by atoms with Crippen molar-refractivity contribution in [1.29, 1.82) is 0 Å². The Kier molecular flexibility index (Phi) is 7.76. The molecular formula is C20H22N2O5S. The first-order chi connectivity index (χ1) is 13.5. The molecule has 2 N–H and O–H groups in total. The number of hydrogen-bond acceptors (Lipinski definition) is 6. The second-order valence-electron chi connectivity index (χ2n) is 5.66. The van der Waals surface area contributed by atoms with Gasteiger partial charge in [0.1, 0.15) is 0 Å². The Labute approximate surface area is 169 Å². The molecule has 28 heavy (non-hydrogen) atoms. The largest absolute Gasteiger partial charge is 0.493 e. The topological polar surface area (TPSA) is 85.9 Å². The molecule has 7 nitrogen and oxygen atoms in total. The monoisotopic (exact) mass is 402 g/mol. The van der Waals surface area contributed by atoms with E-state index in [1.807, 2.05) is 0 Å². The van der Waals surface area contributed by atoms with Crippen LogP contribution in [0.15, 0.2) is 42.5 Å². The first-order valence-electron chi connectivity index (χ1n) is 8.55. The Morgan fingerprint density at radius 1 is 0.929 bits per heavy atom. The summed E-state index contributed by atoms with van der Waals surface area (Å²) in [6, 6.07) is 12.0. The fraction of sp³-hybridized carbons (Fsp3) is 0.250. The normalized spacial score (nSPS) is 9.96. The van der Waals surface area contributed by atoms with Crippen LogP contribution in [0.25, 0.3) is 0 Å². The van der Waals surface area contributed by atoms with E-state index in [9.17, 15) is 9.59 Å². The lowest BCUT2D eigenvalue weighted by molar-refractivity contribution is -0.142. The van der Waals surface area contributed by atoms with Crippen LogP contribution in [0.1, 0.15) is 12.5 Å². The Balaban J connectivity index is 1.95. The van der Waals surface area contributed by atoms with Gasteiger partial charge in [-0.1, -0.05) is 24.4 Å². The fourth-order valence-electron chi connectivity index (χ4n) is 2.37. The van der Waals surface area contributed by atoms with Crippen molar-refractivity contribution in [3.05, 3.63) is 48.0 Å². The van der Waals surface area contributed by atoms with Crippen LogP contribution in [0.5, 0.6) is 11.5 Å². The van der Waals surface area contributed by atoms with Crippen molar-refractivity contribution in [3.63, 3.8) is 0 Å². The average Bonchev–Trinajstić information content (AvgIpc) is 2.69. The molecule has 8 heteroatoms. The summed E-state index contributed by atoms with van der Waals surface area (Å²) in [5.74, 6) is 0.349. The van der Waals surface area contributed by atoms with Crippen LogP contribution >= 0.6 is 12.2 Å². The third kappa shape index (κ3) is 5.95. The van der Waals surface area contributed by atoms with Crippen LogP contribution in [0.4, 0.5) is 11.4 Å². The van der Waals surface area contributed by atoms with Gasteiger partial charge in [0.2, 0.25) is 0 Å². The first kappa shape index (κ1) is 21.2. The van der Waals surface area contributed by atoms with Crippen molar-refractivity contribution in [2.75, 3.05) is 31.5 Å². The van der Waals surface area contributed by atoms with Crippen molar-refractivity contribution in [2.45, 2.75) is 13.3 Å². The Hall–Kier alpha value is -3.13. The lowest BCUT2D eigenvalue weighted by atomic mass is 10.1. The number of benzene rings is 2. The number of amides is 1. The Bertz CT molecular complexity index is 852. The molecule has 2 rings (SSSR count). The minimum absolute atomic E-state index is 0.00261. The summed E-state index contributed by atoms with van der Waals surface area (Å²) in [6.07, 6.45) is 0.182. The summed E-state index contributed by atoms with van der Waals surface area (Å²) in [6.45, 7) is 2.10. The zero-order chi connectivity index (χ0) is 20.5. The molecule has 0 aliphatic heterocycles. The SMILES string of the molecule is CCOC(=O)Cc1ccc(NC(=O)C(=S)Nc2ccc(OC)c(OC)c2)cc1. The van der Waals surface area contributed by atoms with E-state index >= 15 is 0 Å². The molecular weight excluding hydrogens is 380 g/mol. The van der Waals surface area contributed by atoms with Gasteiger partial charge >= 0.3 is 5.97 Å². The fourth-order valence-corrected chi connectivity index (χ4v) is 2.54. The van der Waals surface area contributed by atoms with E-state index in [4.69, 9.17) is 26.4 Å². The zero-order valence-electron chi connectivity index (χ0n) is 15.9. The second kappa shape index (κ2) is 10.3. The van der Waals surface area contributed by atoms with Crippen LogP contribution in [0, 0.1) is 0 Å². The second-order valence-corrected chi connectivity index (χ2v) is 6.06. The number of methoxy groups -OCH3 is 2. The number of anilines is 2. The van der Waals surface area contributed by atoms with Gasteiger partial charge in [-0.2, -0.15) is 0 Å². The molecule has 2 aromatic rings. The molecule has 0 spiro atoms. The smallest absolute Gasteiger partial charge is 0.310 e. The number of thiocarbonyl (C=S) groups is 1. The van der Waals surface area contributed by atoms with Gasteiger partial charge in [-0.25, -0.2) is 0 Å². The van der Waals surface area contributed by atoms with E-state index < -0.39 is 5.91 Å². The molecule has 0 saturated heterocycles. The van der Waals surface area contributed by atoms with Crippen molar-refractivity contribution >= 4 is 40.5 Å². The van der Waals surface area contributed by atoms with E-state index in [2.05, 4.69) is 10.6 Å². The number of hydrogen-bond donors (Lipinski definition) is 2. The Morgan fingerprint density at radius 3 is 2.18 bits per heavy atom. The third-order valence-electron chi connectivity index (χ3n) is 3.71. The quantitative estimate of drug-likeness (QED) is 0.543. The number of esters is 1. The summed E-state index contributed by atoms with van der Waals surface area (Å²) in [5.41, 5.74) is 1.96. The predicted molar refractivity (Wildman–Crippen MR) is 111 cm³/mol. The molecule has 0 radical (unpaired) electrons. The summed E-state index contributed by atoms with van der Waals surface area (Å²) >= 11 is 5.15. The maximum absolute atomic E-state index is 12.3. The van der Waals surface area contributed by atoms with E-state index in [1.165, 1.54) is 7.11 Å². The van der Waals surface area contributed by atoms with Gasteiger partial charge in [0, 0.05) is 17.4 Å². The van der Waals surface area contributed by atoms with Crippen LogP contribution in [-0.2, 0) is 20.7 Å². The summed E-state index contributed by atoms with van der Waals surface area (Å²) in [5, 5.41) is 5.57. The minimum Gasteiger partial charge on any atom is -0.493 e. The highest BCUT2D eigenvalue weighted by molar-refractivity contribution is 7.82. The zero-order valence-corrected chi connectivity index (χ0v) is 16.7. The molecule has 0 heterocycles. The van der Waals surface area contributed by atoms with Crippen molar-refractivity contribution in [1.82, 2.24) is 0 Å². The predicted octanol–water partition coefficient (Wildman–Crippen LogP) is 3.19. The molecule has 2 aromatic carbocycles. The highest BCUT2D eigenvalue weighted by Gasteiger charge is 2.12. The average molecular weight is 402 g/mol. The van der Waals surface area contributed by atoms with Crippen LogP contribution in [0.3, 0.4) is 0 Å². The van der Waals surface area contributed by atoms with Gasteiger partial charge in [0.05, 0.1) is 27.2 Å². The van der Waals surface area contributed by atoms with E-state index in [-0.39, 0.29) is 17.4 Å². The first-order valence-corrected chi connectivity index (χ1v) is 8.96. The number of ether oxygens (including phenoxy) is 3. The van der Waals surface area contributed by atoms with Gasteiger partial charge in [-0.15, -0.1) is 0 Å². The maximum atomic E-state index is 12.3. The van der Waals surface area contributed by atoms with Crippen LogP contribution < -0.4 is 20.1 Å². The standard InChI is InChI=1S/C20H22N2O5S/c1-4-27-18(23)11-13-5-7-14(8-6-13)21-19(24)20(28)22-15-9-10-16(25-2)17(12-15)26-3/h5-10,12H,4,11H2,1-3H3,(H,21,24)(H,22,28). The molecule has 0 aliphatic rings. The van der Waals surface area contributed by atoms with Gasteiger partial charge in [0.25, 0.3) is 5.91 Å². The van der Waals surface area contributed by atoms with Crippen molar-refractivity contribution in [3.8, 4) is 11.5 Å². The summed E-state index contributed by atoms with van der Waals surface area (Å²) < 4.78 is 15.3. The van der Waals surface area contributed by atoms with Gasteiger partial charge in [-0.05, 0) is 36.8 Å². The van der Waals surface area contributed by atoms with Crippen LogP contribution in [-0.4, -0.2) is 37.7 Å². The van der Waals surface area contributed by atoms with Crippen molar-refractivity contribution < 1.29 is 23.8 Å². The number of carbonyl (C=O) groups is 2. The molecule has 1 amide bonds. The highest BCUT2D eigenvalue weighted by atomic mass is 32.1. The van der Waals surface area contributed by atoms with Crippen molar-refractivity contribution in [2.24, 2.45) is 0 Å². The maximum Gasteiger partial charge on any atom is 0.310 e. The summed E-state index contributed by atoms with van der Waals surface area (Å²) in [4.78, 5) is 23.8.